The summed E-state index contributed by atoms with van der Waals surface area (Å²) in [6, 6.07) is 11.6. The van der Waals surface area contributed by atoms with Crippen LogP contribution in [0, 0.1) is 6.92 Å². The molecule has 0 spiro atoms. The van der Waals surface area contributed by atoms with Crippen molar-refractivity contribution >= 4 is 23.4 Å². The fraction of sp³-hybridized carbons (Fsp3) is 0.273. The maximum absolute atomic E-state index is 12.7. The SMILES string of the molecule is COc1cnc(CSc2nccc(C)n2)cc1OCC(=O)N1CCc2ccccc21. The van der Waals surface area contributed by atoms with E-state index in [4.69, 9.17) is 9.47 Å². The van der Waals surface area contributed by atoms with E-state index in [0.29, 0.717) is 29.0 Å². The van der Waals surface area contributed by atoms with E-state index in [1.165, 1.54) is 17.3 Å². The molecular formula is C22H22N4O3S. The summed E-state index contributed by atoms with van der Waals surface area (Å²) in [6.07, 6.45) is 4.21. The molecule has 3 aromatic rings. The number of rotatable bonds is 7. The number of methoxy groups -OCH3 is 1. The van der Waals surface area contributed by atoms with Gasteiger partial charge in [-0.1, -0.05) is 30.0 Å². The van der Waals surface area contributed by atoms with Crippen LogP contribution in [0.2, 0.25) is 0 Å². The third-order valence-electron chi connectivity index (χ3n) is 4.77. The van der Waals surface area contributed by atoms with Gasteiger partial charge >= 0.3 is 0 Å². The highest BCUT2D eigenvalue weighted by Crippen LogP contribution is 2.30. The highest BCUT2D eigenvalue weighted by Gasteiger charge is 2.24. The van der Waals surface area contributed by atoms with E-state index in [9.17, 15) is 4.79 Å². The van der Waals surface area contributed by atoms with E-state index in [1.54, 1.807) is 30.5 Å². The molecule has 1 amide bonds. The van der Waals surface area contributed by atoms with Crippen molar-refractivity contribution in [3.05, 3.63) is 65.7 Å². The Morgan fingerprint density at radius 3 is 2.90 bits per heavy atom. The molecular weight excluding hydrogens is 400 g/mol. The van der Waals surface area contributed by atoms with Crippen LogP contribution in [0.1, 0.15) is 17.0 Å². The molecule has 0 saturated carbocycles. The minimum atomic E-state index is -0.0806. The number of amides is 1. The van der Waals surface area contributed by atoms with Crippen LogP contribution in [-0.2, 0) is 17.0 Å². The first kappa shape index (κ1) is 20.2. The van der Waals surface area contributed by atoms with Crippen LogP contribution in [0.4, 0.5) is 5.69 Å². The Kier molecular flexibility index (Phi) is 6.13. The molecule has 30 heavy (non-hydrogen) atoms. The summed E-state index contributed by atoms with van der Waals surface area (Å²) < 4.78 is 11.2. The number of thioether (sulfide) groups is 1. The molecule has 8 heteroatoms. The highest BCUT2D eigenvalue weighted by molar-refractivity contribution is 7.98. The number of aromatic nitrogens is 3. The van der Waals surface area contributed by atoms with Gasteiger partial charge in [-0.25, -0.2) is 9.97 Å². The maximum Gasteiger partial charge on any atom is 0.264 e. The summed E-state index contributed by atoms with van der Waals surface area (Å²) in [5.41, 5.74) is 3.86. The topological polar surface area (TPSA) is 77.4 Å². The number of hydrogen-bond acceptors (Lipinski definition) is 7. The number of carbonyl (C=O) groups is 1. The van der Waals surface area contributed by atoms with Crippen LogP contribution < -0.4 is 14.4 Å². The van der Waals surface area contributed by atoms with E-state index < -0.39 is 0 Å². The predicted molar refractivity (Wildman–Crippen MR) is 115 cm³/mol. The van der Waals surface area contributed by atoms with E-state index in [0.717, 1.165) is 23.5 Å². The molecule has 1 aliphatic rings. The average Bonchev–Trinajstić information content (AvgIpc) is 3.20. The van der Waals surface area contributed by atoms with Gasteiger partial charge in [0.1, 0.15) is 0 Å². The van der Waals surface area contributed by atoms with Crippen molar-refractivity contribution < 1.29 is 14.3 Å². The molecule has 0 unspecified atom stereocenters. The molecule has 0 saturated heterocycles. The number of benzene rings is 1. The van der Waals surface area contributed by atoms with Crippen molar-refractivity contribution in [2.24, 2.45) is 0 Å². The quantitative estimate of drug-likeness (QED) is 0.426. The van der Waals surface area contributed by atoms with Gasteiger partial charge in [0.25, 0.3) is 5.91 Å². The number of carbonyl (C=O) groups excluding carboxylic acids is 1. The van der Waals surface area contributed by atoms with Crippen molar-refractivity contribution in [2.45, 2.75) is 24.3 Å². The summed E-state index contributed by atoms with van der Waals surface area (Å²) in [5, 5.41) is 0.693. The number of anilines is 1. The average molecular weight is 423 g/mol. The van der Waals surface area contributed by atoms with Crippen LogP contribution in [0.3, 0.4) is 0 Å². The van der Waals surface area contributed by atoms with Gasteiger partial charge in [-0.05, 0) is 31.0 Å². The molecule has 0 N–H and O–H groups in total. The first-order chi connectivity index (χ1) is 14.6. The largest absolute Gasteiger partial charge is 0.491 e. The summed E-state index contributed by atoms with van der Waals surface area (Å²) in [7, 11) is 1.55. The van der Waals surface area contributed by atoms with Gasteiger partial charge in [0, 0.05) is 35.9 Å². The van der Waals surface area contributed by atoms with Crippen LogP contribution in [-0.4, -0.2) is 41.1 Å². The third-order valence-corrected chi connectivity index (χ3v) is 5.66. The zero-order chi connectivity index (χ0) is 20.9. The number of nitrogens with zero attached hydrogens (tertiary/aromatic N) is 4. The van der Waals surface area contributed by atoms with Crippen molar-refractivity contribution in [1.82, 2.24) is 15.0 Å². The Labute approximate surface area is 179 Å². The third kappa shape index (κ3) is 4.54. The summed E-state index contributed by atoms with van der Waals surface area (Å²) in [5.74, 6) is 1.49. The number of para-hydroxylation sites is 1. The van der Waals surface area contributed by atoms with Gasteiger partial charge in [0.05, 0.1) is 19.0 Å². The summed E-state index contributed by atoms with van der Waals surface area (Å²) in [6.45, 7) is 2.54. The number of hydrogen-bond donors (Lipinski definition) is 0. The molecule has 154 valence electrons. The van der Waals surface area contributed by atoms with Crippen molar-refractivity contribution in [2.75, 3.05) is 25.2 Å². The van der Waals surface area contributed by atoms with Crippen molar-refractivity contribution in [3.8, 4) is 11.5 Å². The number of pyridine rings is 1. The predicted octanol–water partition coefficient (Wildman–Crippen LogP) is 3.45. The van der Waals surface area contributed by atoms with Crippen molar-refractivity contribution in [1.29, 1.82) is 0 Å². The molecule has 0 fully saturated rings. The first-order valence-corrected chi connectivity index (χ1v) is 10.6. The van der Waals surface area contributed by atoms with Gasteiger partial charge in [0.2, 0.25) is 0 Å². The highest BCUT2D eigenvalue weighted by atomic mass is 32.2. The maximum atomic E-state index is 12.7. The first-order valence-electron chi connectivity index (χ1n) is 9.60. The zero-order valence-corrected chi connectivity index (χ0v) is 17.7. The lowest BCUT2D eigenvalue weighted by Crippen LogP contribution is -2.33. The molecule has 3 heterocycles. The Morgan fingerprint density at radius 2 is 2.07 bits per heavy atom. The number of fused-ring (bicyclic) bond motifs is 1. The second-order valence-corrected chi connectivity index (χ2v) is 7.75. The van der Waals surface area contributed by atoms with Gasteiger partial charge < -0.3 is 14.4 Å². The number of ether oxygens (including phenoxy) is 2. The normalized spacial score (nSPS) is 12.5. The molecule has 4 rings (SSSR count). The molecule has 1 aliphatic heterocycles. The van der Waals surface area contributed by atoms with E-state index in [2.05, 4.69) is 21.0 Å². The van der Waals surface area contributed by atoms with E-state index >= 15 is 0 Å². The van der Waals surface area contributed by atoms with E-state index in [1.807, 2.05) is 31.2 Å². The van der Waals surface area contributed by atoms with Gasteiger partial charge in [-0.3, -0.25) is 9.78 Å². The molecule has 0 radical (unpaired) electrons. The molecule has 0 aliphatic carbocycles. The van der Waals surface area contributed by atoms with Gasteiger partial charge in [-0.15, -0.1) is 0 Å². The lowest BCUT2D eigenvalue weighted by Gasteiger charge is -2.18. The van der Waals surface area contributed by atoms with Gasteiger partial charge in [0.15, 0.2) is 23.3 Å². The molecule has 7 nitrogen and oxygen atoms in total. The van der Waals surface area contributed by atoms with Crippen LogP contribution in [0.15, 0.2) is 53.9 Å². The monoisotopic (exact) mass is 422 g/mol. The smallest absolute Gasteiger partial charge is 0.264 e. The summed E-state index contributed by atoms with van der Waals surface area (Å²) in [4.78, 5) is 27.5. The Hall–Kier alpha value is -3.13. The fourth-order valence-corrected chi connectivity index (χ4v) is 4.04. The summed E-state index contributed by atoms with van der Waals surface area (Å²) >= 11 is 1.49. The van der Waals surface area contributed by atoms with Crippen LogP contribution in [0.5, 0.6) is 11.5 Å². The Bertz CT molecular complexity index is 1060. The minimum absolute atomic E-state index is 0.0672. The van der Waals surface area contributed by atoms with Crippen LogP contribution in [0.25, 0.3) is 0 Å². The minimum Gasteiger partial charge on any atom is -0.491 e. The Balaban J connectivity index is 1.42. The lowest BCUT2D eigenvalue weighted by molar-refractivity contribution is -0.120. The fourth-order valence-electron chi connectivity index (χ4n) is 3.26. The van der Waals surface area contributed by atoms with E-state index in [-0.39, 0.29) is 12.5 Å². The molecule has 0 atom stereocenters. The molecule has 2 aromatic heterocycles. The second-order valence-electron chi connectivity index (χ2n) is 6.81. The zero-order valence-electron chi connectivity index (χ0n) is 16.9. The standard InChI is InChI=1S/C22H22N4O3S/c1-15-7-9-23-22(25-15)30-14-17-11-19(20(28-2)12-24-17)29-13-21(27)26-10-8-16-5-3-4-6-18(16)26/h3-7,9,11-12H,8,10,13-14H2,1-2H3. The second kappa shape index (κ2) is 9.13. The molecule has 1 aromatic carbocycles. The van der Waals surface area contributed by atoms with Crippen molar-refractivity contribution in [3.63, 3.8) is 0 Å². The van der Waals surface area contributed by atoms with Crippen LogP contribution >= 0.6 is 11.8 Å². The lowest BCUT2D eigenvalue weighted by atomic mass is 10.2. The molecule has 0 bridgehead atoms. The Morgan fingerprint density at radius 1 is 1.20 bits per heavy atom. The number of aryl methyl sites for hydroxylation is 1. The van der Waals surface area contributed by atoms with Gasteiger partial charge in [-0.2, -0.15) is 0 Å².